The van der Waals surface area contributed by atoms with Crippen molar-refractivity contribution in [2.24, 2.45) is 0 Å². The number of phenolic OH excluding ortho intramolecular Hbond substituents is 1. The molecular weight excluding hydrogens is 319 g/mol. The van der Waals surface area contributed by atoms with Gasteiger partial charge in [-0.2, -0.15) is 0 Å². The zero-order valence-corrected chi connectivity index (χ0v) is 12.9. The summed E-state index contributed by atoms with van der Waals surface area (Å²) in [5, 5.41) is 10.4. The number of phenols is 1. The first-order valence-electron chi connectivity index (χ1n) is 6.60. The predicted molar refractivity (Wildman–Crippen MR) is 91.1 cm³/mol. The van der Waals surface area contributed by atoms with E-state index in [1.165, 1.54) is 0 Å². The lowest BCUT2D eigenvalue weighted by molar-refractivity contribution is 0.475. The Bertz CT molecular complexity index is 823. The van der Waals surface area contributed by atoms with Gasteiger partial charge in [-0.1, -0.05) is 41.4 Å². The van der Waals surface area contributed by atoms with Crippen molar-refractivity contribution in [3.63, 3.8) is 0 Å². The molecule has 2 aromatic carbocycles. The van der Waals surface area contributed by atoms with Crippen LogP contribution in [-0.4, -0.2) is 15.1 Å². The number of nitrogens with one attached hydrogen (secondary N) is 1. The molecule has 0 unspecified atom stereocenters. The third-order valence-electron chi connectivity index (χ3n) is 3.13. The molecule has 0 aliphatic heterocycles. The third kappa shape index (κ3) is 3.32. The van der Waals surface area contributed by atoms with Gasteiger partial charge in [0.05, 0.1) is 10.7 Å². The number of benzene rings is 2. The summed E-state index contributed by atoms with van der Waals surface area (Å²) in [7, 11) is 0. The third-order valence-corrected chi connectivity index (χ3v) is 3.68. The number of aromatic nitrogens is 2. The van der Waals surface area contributed by atoms with Crippen molar-refractivity contribution in [3.8, 4) is 17.0 Å². The minimum Gasteiger partial charge on any atom is -0.508 e. The SMILES string of the molecule is Oc1ccc(/C=C/c2nc(-c3ccc(Cl)cc3Cl)c[nH]2)cc1. The Hall–Kier alpha value is -2.23. The van der Waals surface area contributed by atoms with E-state index >= 15 is 0 Å². The first kappa shape index (κ1) is 14.7. The number of halogens is 2. The molecule has 0 amide bonds. The van der Waals surface area contributed by atoms with Crippen molar-refractivity contribution in [1.82, 2.24) is 9.97 Å². The Kier molecular flexibility index (Phi) is 4.18. The molecule has 3 nitrogen and oxygen atoms in total. The predicted octanol–water partition coefficient (Wildman–Crippen LogP) is 5.26. The Morgan fingerprint density at radius 1 is 1.00 bits per heavy atom. The summed E-state index contributed by atoms with van der Waals surface area (Å²) in [5.41, 5.74) is 2.55. The zero-order valence-electron chi connectivity index (χ0n) is 11.4. The number of imidazole rings is 1. The molecule has 0 fully saturated rings. The number of hydrogen-bond donors (Lipinski definition) is 2. The van der Waals surface area contributed by atoms with Crippen LogP contribution in [0.2, 0.25) is 10.0 Å². The Labute approximate surface area is 137 Å². The molecule has 3 rings (SSSR count). The number of aromatic hydroxyl groups is 1. The van der Waals surface area contributed by atoms with E-state index in [4.69, 9.17) is 23.2 Å². The van der Waals surface area contributed by atoms with Crippen molar-refractivity contribution in [2.45, 2.75) is 0 Å². The van der Waals surface area contributed by atoms with Gasteiger partial charge < -0.3 is 10.1 Å². The Morgan fingerprint density at radius 3 is 2.50 bits per heavy atom. The van der Waals surface area contributed by atoms with Gasteiger partial charge in [0.2, 0.25) is 0 Å². The quantitative estimate of drug-likeness (QED) is 0.688. The largest absolute Gasteiger partial charge is 0.508 e. The lowest BCUT2D eigenvalue weighted by Gasteiger charge is -2.00. The van der Waals surface area contributed by atoms with Crippen LogP contribution in [0, 0.1) is 0 Å². The summed E-state index contributed by atoms with van der Waals surface area (Å²) in [6, 6.07) is 12.2. The maximum Gasteiger partial charge on any atom is 0.130 e. The lowest BCUT2D eigenvalue weighted by atomic mass is 10.2. The number of H-pyrrole nitrogens is 1. The van der Waals surface area contributed by atoms with E-state index in [1.54, 1.807) is 30.5 Å². The summed E-state index contributed by atoms with van der Waals surface area (Å²) in [6.45, 7) is 0. The molecular formula is C17H12Cl2N2O. The molecule has 1 heterocycles. The number of rotatable bonds is 3. The van der Waals surface area contributed by atoms with Gasteiger partial charge in [-0.3, -0.25) is 0 Å². The summed E-state index contributed by atoms with van der Waals surface area (Å²) < 4.78 is 0. The average Bonchev–Trinajstić information content (AvgIpc) is 2.95. The highest BCUT2D eigenvalue weighted by molar-refractivity contribution is 6.36. The van der Waals surface area contributed by atoms with Crippen molar-refractivity contribution >= 4 is 35.4 Å². The summed E-state index contributed by atoms with van der Waals surface area (Å²) >= 11 is 12.1. The van der Waals surface area contributed by atoms with E-state index in [-0.39, 0.29) is 5.75 Å². The maximum atomic E-state index is 9.25. The molecule has 5 heteroatoms. The second-order valence-electron chi connectivity index (χ2n) is 4.72. The smallest absolute Gasteiger partial charge is 0.130 e. The van der Waals surface area contributed by atoms with Crippen LogP contribution < -0.4 is 0 Å². The summed E-state index contributed by atoms with van der Waals surface area (Å²) in [4.78, 5) is 7.57. The first-order valence-corrected chi connectivity index (χ1v) is 7.35. The average molecular weight is 331 g/mol. The number of aromatic amines is 1. The molecule has 3 aromatic rings. The maximum absolute atomic E-state index is 9.25. The molecule has 0 saturated carbocycles. The minimum absolute atomic E-state index is 0.245. The zero-order chi connectivity index (χ0) is 15.5. The summed E-state index contributed by atoms with van der Waals surface area (Å²) in [6.07, 6.45) is 5.57. The van der Waals surface area contributed by atoms with Crippen LogP contribution >= 0.6 is 23.2 Å². The van der Waals surface area contributed by atoms with Crippen LogP contribution in [0.15, 0.2) is 48.7 Å². The molecule has 0 bridgehead atoms. The first-order chi connectivity index (χ1) is 10.6. The molecule has 2 N–H and O–H groups in total. The highest BCUT2D eigenvalue weighted by Crippen LogP contribution is 2.29. The topological polar surface area (TPSA) is 48.9 Å². The molecule has 0 atom stereocenters. The van der Waals surface area contributed by atoms with E-state index in [0.29, 0.717) is 15.9 Å². The van der Waals surface area contributed by atoms with Gasteiger partial charge in [0, 0.05) is 16.8 Å². The lowest BCUT2D eigenvalue weighted by Crippen LogP contribution is -1.80. The molecule has 1 aromatic heterocycles. The van der Waals surface area contributed by atoms with Gasteiger partial charge in [0.25, 0.3) is 0 Å². The van der Waals surface area contributed by atoms with Crippen LogP contribution in [0.3, 0.4) is 0 Å². The van der Waals surface area contributed by atoms with Crippen LogP contribution in [0.25, 0.3) is 23.4 Å². The fraction of sp³-hybridized carbons (Fsp3) is 0. The van der Waals surface area contributed by atoms with E-state index in [9.17, 15) is 5.11 Å². The van der Waals surface area contributed by atoms with E-state index in [1.807, 2.05) is 30.4 Å². The molecule has 22 heavy (non-hydrogen) atoms. The minimum atomic E-state index is 0.245. The van der Waals surface area contributed by atoms with Gasteiger partial charge in [0.1, 0.15) is 11.6 Å². The van der Waals surface area contributed by atoms with Crippen LogP contribution in [-0.2, 0) is 0 Å². The molecule has 0 spiro atoms. The normalized spacial score (nSPS) is 11.2. The van der Waals surface area contributed by atoms with Crippen LogP contribution in [0.1, 0.15) is 11.4 Å². The van der Waals surface area contributed by atoms with Crippen LogP contribution in [0.4, 0.5) is 0 Å². The fourth-order valence-electron chi connectivity index (χ4n) is 2.02. The molecule has 110 valence electrons. The van der Waals surface area contributed by atoms with Crippen LogP contribution in [0.5, 0.6) is 5.75 Å². The van der Waals surface area contributed by atoms with Gasteiger partial charge in [-0.05, 0) is 42.0 Å². The second-order valence-corrected chi connectivity index (χ2v) is 5.56. The fourth-order valence-corrected chi connectivity index (χ4v) is 2.52. The van der Waals surface area contributed by atoms with Gasteiger partial charge >= 0.3 is 0 Å². The van der Waals surface area contributed by atoms with Gasteiger partial charge in [-0.25, -0.2) is 4.98 Å². The highest BCUT2D eigenvalue weighted by atomic mass is 35.5. The number of hydrogen-bond acceptors (Lipinski definition) is 2. The van der Waals surface area contributed by atoms with Crippen molar-refractivity contribution in [1.29, 1.82) is 0 Å². The summed E-state index contributed by atoms with van der Waals surface area (Å²) in [5.74, 6) is 0.962. The standard InChI is InChI=1S/C17H12Cl2N2O/c18-12-4-7-14(15(19)9-12)16-10-20-17(21-16)8-3-11-1-5-13(22)6-2-11/h1-10,22H,(H,20,21)/b8-3+. The molecule has 0 aliphatic rings. The second kappa shape index (κ2) is 6.26. The van der Waals surface area contributed by atoms with Crippen molar-refractivity contribution in [3.05, 3.63) is 70.1 Å². The van der Waals surface area contributed by atoms with Gasteiger partial charge in [-0.15, -0.1) is 0 Å². The van der Waals surface area contributed by atoms with Gasteiger partial charge in [0.15, 0.2) is 0 Å². The molecule has 0 radical (unpaired) electrons. The van der Waals surface area contributed by atoms with Crippen molar-refractivity contribution in [2.75, 3.05) is 0 Å². The van der Waals surface area contributed by atoms with E-state index in [0.717, 1.165) is 16.8 Å². The monoisotopic (exact) mass is 330 g/mol. The molecule has 0 aliphatic carbocycles. The highest BCUT2D eigenvalue weighted by Gasteiger charge is 2.07. The van der Waals surface area contributed by atoms with E-state index in [2.05, 4.69) is 9.97 Å². The van der Waals surface area contributed by atoms with E-state index < -0.39 is 0 Å². The molecule has 0 saturated heterocycles. The van der Waals surface area contributed by atoms with Crippen molar-refractivity contribution < 1.29 is 5.11 Å². The number of nitrogens with zero attached hydrogens (tertiary/aromatic N) is 1. The Morgan fingerprint density at radius 2 is 1.77 bits per heavy atom. The Balaban J connectivity index is 1.83.